The zero-order valence-corrected chi connectivity index (χ0v) is 13.3. The fraction of sp³-hybridized carbons (Fsp3) is 0.643. The molecule has 9 nitrogen and oxygen atoms in total. The van der Waals surface area contributed by atoms with Crippen LogP contribution < -0.4 is 21.7 Å². The van der Waals surface area contributed by atoms with Crippen molar-refractivity contribution in [3.8, 4) is 0 Å². The number of nitrogens with two attached hydrogens (primary N) is 2. The van der Waals surface area contributed by atoms with Gasteiger partial charge in [-0.3, -0.25) is 14.4 Å². The van der Waals surface area contributed by atoms with Crippen molar-refractivity contribution in [2.75, 3.05) is 13.6 Å². The van der Waals surface area contributed by atoms with Gasteiger partial charge in [0.1, 0.15) is 6.10 Å². The molecule has 0 radical (unpaired) electrons. The topological polar surface area (TPSA) is 158 Å². The minimum Gasteiger partial charge on any atom is -0.390 e. The maximum Gasteiger partial charge on any atom is 0.278 e. The third-order valence-electron chi connectivity index (χ3n) is 3.74. The second kappa shape index (κ2) is 8.61. The average Bonchev–Trinajstić information content (AvgIpc) is 2.49. The average molecular weight is 329 g/mol. The zero-order chi connectivity index (χ0) is 17.6. The van der Waals surface area contributed by atoms with Crippen LogP contribution in [0, 0.1) is 0 Å². The van der Waals surface area contributed by atoms with Crippen molar-refractivity contribution < 1.29 is 29.9 Å². The quantitative estimate of drug-likeness (QED) is 0.281. The molecule has 0 heterocycles. The normalized spacial score (nSPS) is 25.2. The summed E-state index contributed by atoms with van der Waals surface area (Å²) in [5.74, 6) is -1.31. The highest BCUT2D eigenvalue weighted by Gasteiger charge is 2.34. The number of carbonyl (C=O) groups excluding carboxylic acids is 3. The first-order valence-electron chi connectivity index (χ1n) is 7.49. The van der Waals surface area contributed by atoms with E-state index in [4.69, 9.17) is 5.73 Å². The van der Waals surface area contributed by atoms with Crippen molar-refractivity contribution in [1.82, 2.24) is 10.6 Å². The molecule has 1 aliphatic carbocycles. The van der Waals surface area contributed by atoms with Crippen molar-refractivity contribution >= 4 is 17.7 Å². The molecule has 1 aliphatic rings. The number of hydrogen-bond donors (Lipinski definition) is 6. The minimum atomic E-state index is -1.19. The highest BCUT2D eigenvalue weighted by Crippen LogP contribution is 2.20. The van der Waals surface area contributed by atoms with Crippen LogP contribution in [0.25, 0.3) is 0 Å². The summed E-state index contributed by atoms with van der Waals surface area (Å²) >= 11 is 0. The Labute approximate surface area is 134 Å². The van der Waals surface area contributed by atoms with Crippen molar-refractivity contribution in [1.29, 1.82) is 0 Å². The Hall–Kier alpha value is -1.97. The molecule has 0 saturated heterocycles. The Balaban J connectivity index is 2.75. The van der Waals surface area contributed by atoms with Crippen molar-refractivity contribution in [3.63, 3.8) is 0 Å². The van der Waals surface area contributed by atoms with E-state index < -0.39 is 30.1 Å². The smallest absolute Gasteiger partial charge is 0.278 e. The number of likely N-dealkylation sites (N-methyl/N-ethyl adjacent to an activating group) is 1. The van der Waals surface area contributed by atoms with Gasteiger partial charge in [0, 0.05) is 25.0 Å². The molecule has 4 atom stereocenters. The van der Waals surface area contributed by atoms with Gasteiger partial charge < -0.3 is 31.9 Å². The maximum absolute atomic E-state index is 12.0. The first-order chi connectivity index (χ1) is 10.8. The molecule has 9 heteroatoms. The van der Waals surface area contributed by atoms with Gasteiger partial charge in [0.05, 0.1) is 19.2 Å². The fourth-order valence-electron chi connectivity index (χ4n) is 2.12. The van der Waals surface area contributed by atoms with E-state index in [2.05, 4.69) is 10.6 Å². The Bertz CT molecular complexity index is 494. The number of primary amides is 1. The molecule has 23 heavy (non-hydrogen) atoms. The minimum absolute atomic E-state index is 0.00815. The van der Waals surface area contributed by atoms with Crippen molar-refractivity contribution in [3.05, 3.63) is 11.6 Å². The molecule has 0 aromatic heterocycles. The van der Waals surface area contributed by atoms with Crippen molar-refractivity contribution in [2.24, 2.45) is 5.73 Å². The molecule has 0 fully saturated rings. The van der Waals surface area contributed by atoms with Crippen LogP contribution in [0.3, 0.4) is 0 Å². The maximum atomic E-state index is 12.0. The van der Waals surface area contributed by atoms with Crippen LogP contribution in [0.1, 0.15) is 19.8 Å². The summed E-state index contributed by atoms with van der Waals surface area (Å²) in [5.41, 5.74) is 5.23. The number of aliphatic hydroxyl groups is 2. The van der Waals surface area contributed by atoms with Gasteiger partial charge in [0.2, 0.25) is 11.8 Å². The number of amides is 3. The summed E-state index contributed by atoms with van der Waals surface area (Å²) in [4.78, 5) is 34.6. The van der Waals surface area contributed by atoms with E-state index in [1.807, 2.05) is 0 Å². The summed E-state index contributed by atoms with van der Waals surface area (Å²) in [6.45, 7) is 1.78. The number of nitrogens with one attached hydrogen (secondary N) is 2. The Kier molecular flexibility index (Phi) is 7.14. The van der Waals surface area contributed by atoms with Crippen LogP contribution in [0.15, 0.2) is 11.6 Å². The van der Waals surface area contributed by atoms with Gasteiger partial charge in [0.25, 0.3) is 5.91 Å². The number of aliphatic hydroxyl groups excluding tert-OH is 2. The summed E-state index contributed by atoms with van der Waals surface area (Å²) in [5, 5.41) is 26.7. The molecule has 0 aromatic rings. The standard InChI is InChI=1S/C14H24N4O5/c1-7(16-2)13(22)18-9-5-8(6-10(19)12(9)21)14(23)17-4-3-11(15)20/h5,7,9-10,12,16,19,21H,3-4,6H2,1-2H3,(H2,15,20)(H,17,23)(H,18,22)/p+1/t7-,9+,10+,12+/m0/s1. The third-order valence-corrected chi connectivity index (χ3v) is 3.74. The monoisotopic (exact) mass is 329 g/mol. The zero-order valence-electron chi connectivity index (χ0n) is 13.3. The van der Waals surface area contributed by atoms with E-state index in [-0.39, 0.29) is 36.9 Å². The molecule has 8 N–H and O–H groups in total. The molecule has 0 unspecified atom stereocenters. The molecule has 1 rings (SSSR count). The van der Waals surface area contributed by atoms with Gasteiger partial charge in [0.15, 0.2) is 6.04 Å². The predicted octanol–water partition coefficient (Wildman–Crippen LogP) is -3.90. The van der Waals surface area contributed by atoms with E-state index in [0.29, 0.717) is 0 Å². The lowest BCUT2D eigenvalue weighted by Crippen LogP contribution is -2.88. The van der Waals surface area contributed by atoms with Gasteiger partial charge in [-0.1, -0.05) is 6.08 Å². The van der Waals surface area contributed by atoms with E-state index in [0.717, 1.165) is 0 Å². The van der Waals surface area contributed by atoms with Crippen LogP contribution >= 0.6 is 0 Å². The number of hydrogen-bond acceptors (Lipinski definition) is 5. The SMILES string of the molecule is C[NH2+][C@@H](C)C(=O)N[C@@H]1C=C(C(=O)NCCC(N)=O)C[C@@H](O)[C@@H]1O. The van der Waals surface area contributed by atoms with Crippen LogP contribution in [0.2, 0.25) is 0 Å². The molecular formula is C14H25N4O5+. The van der Waals surface area contributed by atoms with Gasteiger partial charge in [-0.25, -0.2) is 0 Å². The Morgan fingerprint density at radius 3 is 2.65 bits per heavy atom. The molecule has 0 saturated carbocycles. The number of rotatable bonds is 7. The van der Waals surface area contributed by atoms with Gasteiger partial charge in [-0.2, -0.15) is 0 Å². The first kappa shape index (κ1) is 19.1. The van der Waals surface area contributed by atoms with E-state index >= 15 is 0 Å². The summed E-state index contributed by atoms with van der Waals surface area (Å²) in [6, 6.07) is -1.21. The Morgan fingerprint density at radius 1 is 1.43 bits per heavy atom. The summed E-state index contributed by atoms with van der Waals surface area (Å²) < 4.78 is 0. The molecular weight excluding hydrogens is 304 g/mol. The van der Waals surface area contributed by atoms with Crippen LogP contribution in [0.4, 0.5) is 0 Å². The van der Waals surface area contributed by atoms with E-state index in [9.17, 15) is 24.6 Å². The van der Waals surface area contributed by atoms with Gasteiger partial charge in [-0.05, 0) is 6.92 Å². The highest BCUT2D eigenvalue weighted by molar-refractivity contribution is 5.94. The third kappa shape index (κ3) is 5.62. The molecule has 0 bridgehead atoms. The molecule has 0 aliphatic heterocycles. The lowest BCUT2D eigenvalue weighted by atomic mass is 9.90. The van der Waals surface area contributed by atoms with Crippen LogP contribution in [-0.2, 0) is 14.4 Å². The lowest BCUT2D eigenvalue weighted by molar-refractivity contribution is -0.646. The Morgan fingerprint density at radius 2 is 2.09 bits per heavy atom. The largest absolute Gasteiger partial charge is 0.390 e. The first-order valence-corrected chi connectivity index (χ1v) is 7.49. The van der Waals surface area contributed by atoms with Crippen molar-refractivity contribution in [2.45, 2.75) is 44.1 Å². The van der Waals surface area contributed by atoms with Crippen LogP contribution in [-0.4, -0.2) is 65.8 Å². The molecule has 3 amide bonds. The molecule has 130 valence electrons. The lowest BCUT2D eigenvalue weighted by Gasteiger charge is -2.31. The van der Waals surface area contributed by atoms with Crippen LogP contribution in [0.5, 0.6) is 0 Å². The summed E-state index contributed by atoms with van der Waals surface area (Å²) in [6.07, 6.45) is -0.954. The van der Waals surface area contributed by atoms with E-state index in [1.165, 1.54) is 6.08 Å². The number of carbonyl (C=O) groups is 3. The highest BCUT2D eigenvalue weighted by atomic mass is 16.3. The van der Waals surface area contributed by atoms with E-state index in [1.54, 1.807) is 19.3 Å². The van der Waals surface area contributed by atoms with Gasteiger partial charge in [-0.15, -0.1) is 0 Å². The second-order valence-electron chi connectivity index (χ2n) is 5.58. The second-order valence-corrected chi connectivity index (χ2v) is 5.58. The molecule has 0 spiro atoms. The molecule has 0 aromatic carbocycles. The van der Waals surface area contributed by atoms with Gasteiger partial charge >= 0.3 is 0 Å². The fourth-order valence-corrected chi connectivity index (χ4v) is 2.12. The summed E-state index contributed by atoms with van der Waals surface area (Å²) in [7, 11) is 1.74. The number of quaternary nitrogens is 1. The predicted molar refractivity (Wildman–Crippen MR) is 80.8 cm³/mol.